The molecule has 0 spiro atoms. The summed E-state index contributed by atoms with van der Waals surface area (Å²) in [5.74, 6) is -1.08. The first kappa shape index (κ1) is 21.1. The van der Waals surface area contributed by atoms with Gasteiger partial charge in [-0.25, -0.2) is 9.78 Å². The first-order valence-corrected chi connectivity index (χ1v) is 9.88. The number of carboxylic acids is 1. The maximum atomic E-state index is 12.6. The van der Waals surface area contributed by atoms with Gasteiger partial charge in [-0.15, -0.1) is 0 Å². The molecule has 29 heavy (non-hydrogen) atoms. The van der Waals surface area contributed by atoms with Crippen LogP contribution in [0.3, 0.4) is 0 Å². The highest BCUT2D eigenvalue weighted by Gasteiger charge is 2.32. The highest BCUT2D eigenvalue weighted by molar-refractivity contribution is 6.30. The van der Waals surface area contributed by atoms with Gasteiger partial charge >= 0.3 is 5.97 Å². The SMILES string of the molecule is CCc1[nH]c(C(=O)N[C@@H]2CCN(c3ccc(C)c(C(=O)O)c3)C[C@@H]2OC)nc1Cl. The van der Waals surface area contributed by atoms with Crippen molar-refractivity contribution in [3.05, 3.63) is 46.0 Å². The summed E-state index contributed by atoms with van der Waals surface area (Å²) in [6, 6.07) is 5.20. The number of rotatable bonds is 6. The van der Waals surface area contributed by atoms with Crippen LogP contribution in [0.5, 0.6) is 0 Å². The van der Waals surface area contributed by atoms with Gasteiger partial charge in [0.25, 0.3) is 5.91 Å². The summed E-state index contributed by atoms with van der Waals surface area (Å²) < 4.78 is 5.61. The summed E-state index contributed by atoms with van der Waals surface area (Å²) in [6.07, 6.45) is 1.06. The third-order valence-corrected chi connectivity index (χ3v) is 5.60. The number of imidazole rings is 1. The van der Waals surface area contributed by atoms with Crippen LogP contribution in [0.15, 0.2) is 18.2 Å². The van der Waals surface area contributed by atoms with Gasteiger partial charge in [-0.3, -0.25) is 4.79 Å². The molecule has 0 unspecified atom stereocenters. The molecule has 1 aliphatic rings. The first-order chi connectivity index (χ1) is 13.8. The van der Waals surface area contributed by atoms with Crippen LogP contribution in [0.1, 0.15) is 45.6 Å². The number of aromatic carboxylic acids is 1. The molecule has 0 bridgehead atoms. The molecule has 2 heterocycles. The molecule has 1 saturated heterocycles. The molecule has 3 N–H and O–H groups in total. The van der Waals surface area contributed by atoms with E-state index in [1.54, 1.807) is 26.2 Å². The molecule has 1 amide bonds. The van der Waals surface area contributed by atoms with E-state index < -0.39 is 5.97 Å². The van der Waals surface area contributed by atoms with Crippen LogP contribution in [0.25, 0.3) is 0 Å². The second-order valence-electron chi connectivity index (χ2n) is 7.10. The van der Waals surface area contributed by atoms with Crippen LogP contribution in [0.2, 0.25) is 5.15 Å². The number of ether oxygens (including phenoxy) is 1. The predicted molar refractivity (Wildman–Crippen MR) is 110 cm³/mol. The van der Waals surface area contributed by atoms with E-state index in [4.69, 9.17) is 16.3 Å². The summed E-state index contributed by atoms with van der Waals surface area (Å²) in [4.78, 5) is 33.1. The number of carbonyl (C=O) groups excluding carboxylic acids is 1. The van der Waals surface area contributed by atoms with Crippen LogP contribution in [0.4, 0.5) is 5.69 Å². The summed E-state index contributed by atoms with van der Waals surface area (Å²) >= 11 is 6.03. The van der Waals surface area contributed by atoms with Crippen molar-refractivity contribution in [2.45, 2.75) is 38.8 Å². The summed E-state index contributed by atoms with van der Waals surface area (Å²) in [7, 11) is 1.60. The fraction of sp³-hybridized carbons (Fsp3) is 0.450. The molecule has 0 saturated carbocycles. The van der Waals surface area contributed by atoms with E-state index >= 15 is 0 Å². The van der Waals surface area contributed by atoms with Crippen LogP contribution in [-0.4, -0.2) is 59.3 Å². The predicted octanol–water partition coefficient (Wildman–Crippen LogP) is 2.66. The third kappa shape index (κ3) is 4.54. The molecular formula is C20H25ClN4O4. The summed E-state index contributed by atoms with van der Waals surface area (Å²) in [5.41, 5.74) is 2.55. The Bertz CT molecular complexity index is 914. The smallest absolute Gasteiger partial charge is 0.336 e. The highest BCUT2D eigenvalue weighted by atomic mass is 35.5. The minimum atomic E-state index is -0.946. The Morgan fingerprint density at radius 2 is 2.21 bits per heavy atom. The van der Waals surface area contributed by atoms with Gasteiger partial charge in [0.15, 0.2) is 11.0 Å². The lowest BCUT2D eigenvalue weighted by Gasteiger charge is -2.39. The number of nitrogens with one attached hydrogen (secondary N) is 2. The monoisotopic (exact) mass is 420 g/mol. The number of hydrogen-bond acceptors (Lipinski definition) is 5. The number of carboxylic acid groups (broad SMARTS) is 1. The van der Waals surface area contributed by atoms with Crippen molar-refractivity contribution >= 4 is 29.2 Å². The maximum absolute atomic E-state index is 12.6. The molecule has 156 valence electrons. The first-order valence-electron chi connectivity index (χ1n) is 9.51. The Hall–Kier alpha value is -2.58. The Balaban J connectivity index is 1.70. The second kappa shape index (κ2) is 8.84. The molecule has 9 heteroatoms. The van der Waals surface area contributed by atoms with Crippen molar-refractivity contribution in [3.63, 3.8) is 0 Å². The average Bonchev–Trinajstić information content (AvgIpc) is 3.09. The number of hydrogen-bond donors (Lipinski definition) is 3. The fourth-order valence-corrected chi connectivity index (χ4v) is 3.82. The Labute approximate surface area is 174 Å². The molecule has 8 nitrogen and oxygen atoms in total. The van der Waals surface area contributed by atoms with Gasteiger partial charge in [-0.2, -0.15) is 0 Å². The minimum absolute atomic E-state index is 0.189. The molecule has 1 aliphatic heterocycles. The number of nitrogens with zero attached hydrogens (tertiary/aromatic N) is 2. The number of carbonyl (C=O) groups is 2. The van der Waals surface area contributed by atoms with Gasteiger partial charge in [0, 0.05) is 25.9 Å². The number of aromatic amines is 1. The molecular weight excluding hydrogens is 396 g/mol. The van der Waals surface area contributed by atoms with E-state index in [1.807, 2.05) is 13.0 Å². The molecule has 1 fully saturated rings. The van der Waals surface area contributed by atoms with E-state index in [2.05, 4.69) is 20.2 Å². The van der Waals surface area contributed by atoms with Crippen LogP contribution in [0, 0.1) is 6.92 Å². The number of anilines is 1. The molecule has 2 aromatic rings. The van der Waals surface area contributed by atoms with Crippen LogP contribution in [-0.2, 0) is 11.2 Å². The largest absolute Gasteiger partial charge is 0.478 e. The van der Waals surface area contributed by atoms with Gasteiger partial charge in [-0.05, 0) is 37.5 Å². The quantitative estimate of drug-likeness (QED) is 0.663. The van der Waals surface area contributed by atoms with E-state index in [0.717, 1.165) is 16.9 Å². The minimum Gasteiger partial charge on any atom is -0.478 e. The van der Waals surface area contributed by atoms with Crippen molar-refractivity contribution in [3.8, 4) is 0 Å². The number of amides is 1. The molecule has 1 aromatic carbocycles. The van der Waals surface area contributed by atoms with E-state index in [1.165, 1.54) is 0 Å². The van der Waals surface area contributed by atoms with Gasteiger partial charge in [0.2, 0.25) is 0 Å². The van der Waals surface area contributed by atoms with Gasteiger partial charge in [-0.1, -0.05) is 24.6 Å². The van der Waals surface area contributed by atoms with Crippen LogP contribution >= 0.6 is 11.6 Å². The van der Waals surface area contributed by atoms with Crippen molar-refractivity contribution in [2.75, 3.05) is 25.1 Å². The average molecular weight is 421 g/mol. The number of benzene rings is 1. The van der Waals surface area contributed by atoms with Crippen molar-refractivity contribution in [2.24, 2.45) is 0 Å². The van der Waals surface area contributed by atoms with Crippen molar-refractivity contribution < 1.29 is 19.4 Å². The number of piperidine rings is 1. The topological polar surface area (TPSA) is 108 Å². The Morgan fingerprint density at radius 3 is 2.83 bits per heavy atom. The Kier molecular flexibility index (Phi) is 6.44. The van der Waals surface area contributed by atoms with E-state index in [-0.39, 0.29) is 29.4 Å². The molecule has 2 atom stereocenters. The van der Waals surface area contributed by atoms with Crippen LogP contribution < -0.4 is 10.2 Å². The second-order valence-corrected chi connectivity index (χ2v) is 7.46. The fourth-order valence-electron chi connectivity index (χ4n) is 3.56. The standard InChI is InChI=1S/C20H25ClN4O4/c1-4-14-17(21)24-18(22-14)19(26)23-15-7-8-25(10-16(15)29-3)12-6-5-11(2)13(9-12)20(27)28/h5-6,9,15-16H,4,7-8,10H2,1-3H3,(H,22,24)(H,23,26)(H,27,28)/t15-,16+/m1/s1. The van der Waals surface area contributed by atoms with Gasteiger partial charge in [0.05, 0.1) is 23.4 Å². The zero-order valence-electron chi connectivity index (χ0n) is 16.7. The lowest BCUT2D eigenvalue weighted by atomic mass is 9.99. The normalized spacial score (nSPS) is 19.2. The van der Waals surface area contributed by atoms with E-state index in [9.17, 15) is 14.7 Å². The number of methoxy groups -OCH3 is 1. The number of H-pyrrole nitrogens is 1. The maximum Gasteiger partial charge on any atom is 0.336 e. The lowest BCUT2D eigenvalue weighted by Crippen LogP contribution is -2.55. The van der Waals surface area contributed by atoms with Gasteiger partial charge in [0.1, 0.15) is 0 Å². The zero-order valence-corrected chi connectivity index (χ0v) is 17.4. The third-order valence-electron chi connectivity index (χ3n) is 5.29. The Morgan fingerprint density at radius 1 is 1.45 bits per heavy atom. The number of aromatic nitrogens is 2. The number of halogens is 1. The van der Waals surface area contributed by atoms with E-state index in [0.29, 0.717) is 31.1 Å². The summed E-state index contributed by atoms with van der Waals surface area (Å²) in [6.45, 7) is 4.89. The van der Waals surface area contributed by atoms with Gasteiger partial charge < -0.3 is 25.0 Å². The zero-order chi connectivity index (χ0) is 21.1. The summed E-state index contributed by atoms with van der Waals surface area (Å²) in [5, 5.41) is 12.7. The molecule has 1 aromatic heterocycles. The lowest BCUT2D eigenvalue weighted by molar-refractivity contribution is 0.0538. The van der Waals surface area contributed by atoms with Crippen molar-refractivity contribution in [1.82, 2.24) is 15.3 Å². The highest BCUT2D eigenvalue weighted by Crippen LogP contribution is 2.24. The number of aryl methyl sites for hydroxylation is 2. The molecule has 3 rings (SSSR count). The molecule has 0 radical (unpaired) electrons. The van der Waals surface area contributed by atoms with Crippen molar-refractivity contribution in [1.29, 1.82) is 0 Å². The molecule has 0 aliphatic carbocycles.